The van der Waals surface area contributed by atoms with Crippen LogP contribution in [0.25, 0.3) is 114 Å². The largest absolute Gasteiger partial charge is 0.450 e. The summed E-state index contributed by atoms with van der Waals surface area (Å²) >= 11 is 1.87. The molecule has 0 saturated heterocycles. The van der Waals surface area contributed by atoms with E-state index in [0.717, 1.165) is 50.0 Å². The molecule has 226 valence electrons. The fourth-order valence-electron chi connectivity index (χ4n) is 8.35. The molecule has 4 aromatic heterocycles. The van der Waals surface area contributed by atoms with Crippen LogP contribution in [0.4, 0.5) is 0 Å². The van der Waals surface area contributed by atoms with Gasteiger partial charge in [0.05, 0.1) is 11.0 Å². The van der Waals surface area contributed by atoms with Gasteiger partial charge in [-0.3, -0.25) is 4.57 Å². The van der Waals surface area contributed by atoms with Gasteiger partial charge in [-0.05, 0) is 69.4 Å². The molecular formula is C44H23N3OS. The number of hydrogen-bond donors (Lipinski definition) is 0. The molecule has 0 bridgehead atoms. The van der Waals surface area contributed by atoms with Crippen molar-refractivity contribution in [2.24, 2.45) is 0 Å². The predicted molar refractivity (Wildman–Crippen MR) is 204 cm³/mol. The summed E-state index contributed by atoms with van der Waals surface area (Å²) in [6, 6.07) is 49.7. The van der Waals surface area contributed by atoms with Crippen LogP contribution in [-0.2, 0) is 0 Å². The van der Waals surface area contributed by atoms with Gasteiger partial charge in [-0.2, -0.15) is 0 Å². The minimum absolute atomic E-state index is 0.668. The molecular weight excluding hydrogens is 619 g/mol. The van der Waals surface area contributed by atoms with Gasteiger partial charge in [0.2, 0.25) is 0 Å². The molecule has 5 heteroatoms. The maximum absolute atomic E-state index is 6.71. The van der Waals surface area contributed by atoms with Crippen LogP contribution in [0.5, 0.6) is 0 Å². The van der Waals surface area contributed by atoms with Crippen LogP contribution in [-0.4, -0.2) is 14.5 Å². The first-order valence-electron chi connectivity index (χ1n) is 16.5. The summed E-state index contributed by atoms with van der Waals surface area (Å²) in [5.41, 5.74) is 10.3. The van der Waals surface area contributed by atoms with Gasteiger partial charge in [0.15, 0.2) is 17.2 Å². The Balaban J connectivity index is 1.29. The number of aromatic nitrogens is 3. The van der Waals surface area contributed by atoms with Gasteiger partial charge in [0.25, 0.3) is 0 Å². The second kappa shape index (κ2) is 9.19. The van der Waals surface area contributed by atoms with Crippen LogP contribution in [0, 0.1) is 0 Å². The van der Waals surface area contributed by atoms with E-state index in [1.807, 2.05) is 35.6 Å². The summed E-state index contributed by atoms with van der Waals surface area (Å²) in [6.45, 7) is 0. The molecule has 1 aliphatic carbocycles. The van der Waals surface area contributed by atoms with E-state index in [1.54, 1.807) is 0 Å². The third kappa shape index (κ3) is 3.27. The molecule has 0 unspecified atom stereocenters. The number of para-hydroxylation sites is 1. The molecule has 1 aliphatic rings. The normalized spacial score (nSPS) is 12.5. The van der Waals surface area contributed by atoms with Crippen LogP contribution in [0.15, 0.2) is 144 Å². The minimum Gasteiger partial charge on any atom is -0.450 e. The quantitative estimate of drug-likeness (QED) is 0.193. The Morgan fingerprint density at radius 3 is 2.08 bits per heavy atom. The summed E-state index contributed by atoms with van der Waals surface area (Å²) in [5.74, 6) is 1.41. The summed E-state index contributed by atoms with van der Waals surface area (Å²) in [5, 5.41) is 8.70. The van der Waals surface area contributed by atoms with Crippen molar-refractivity contribution in [3.63, 3.8) is 0 Å². The maximum Gasteiger partial charge on any atom is 0.197 e. The first-order valence-corrected chi connectivity index (χ1v) is 17.3. The van der Waals surface area contributed by atoms with Crippen molar-refractivity contribution in [2.45, 2.75) is 0 Å². The number of hydrogen-bond acceptors (Lipinski definition) is 4. The van der Waals surface area contributed by atoms with Gasteiger partial charge in [0, 0.05) is 41.9 Å². The average molecular weight is 642 g/mol. The van der Waals surface area contributed by atoms with Crippen molar-refractivity contribution in [1.29, 1.82) is 0 Å². The molecule has 11 aromatic rings. The highest BCUT2D eigenvalue weighted by atomic mass is 32.1. The standard InChI is InChI=1S/C44H23N3OS/c1-2-10-24(11-3-1)26-13-4-5-14-29(26)43-45-41-30-15-6-7-18-33(30)48-42(41)44(46-43)47-31-21-20-25-12-8-16-27-28-17-9-19-34-37(28)40-35(49-34)23-22-32(47)39(40)38(31)36(25)27/h1-23H. The maximum atomic E-state index is 6.71. The van der Waals surface area contributed by atoms with Gasteiger partial charge in [-0.15, -0.1) is 11.3 Å². The van der Waals surface area contributed by atoms with Crippen molar-refractivity contribution >= 4 is 86.2 Å². The highest BCUT2D eigenvalue weighted by molar-refractivity contribution is 7.26. The lowest BCUT2D eigenvalue weighted by Gasteiger charge is -2.13. The van der Waals surface area contributed by atoms with E-state index in [-0.39, 0.29) is 0 Å². The molecule has 4 heterocycles. The topological polar surface area (TPSA) is 43.9 Å². The second-order valence-electron chi connectivity index (χ2n) is 12.9. The Morgan fingerprint density at radius 1 is 0.490 bits per heavy atom. The van der Waals surface area contributed by atoms with E-state index in [9.17, 15) is 0 Å². The second-order valence-corrected chi connectivity index (χ2v) is 14.0. The zero-order valence-corrected chi connectivity index (χ0v) is 26.8. The Morgan fingerprint density at radius 2 is 1.18 bits per heavy atom. The number of fused-ring (bicyclic) bond motifs is 4. The predicted octanol–water partition coefficient (Wildman–Crippen LogP) is 12.3. The van der Waals surface area contributed by atoms with Crippen molar-refractivity contribution in [2.75, 3.05) is 0 Å². The molecule has 7 aromatic carbocycles. The van der Waals surface area contributed by atoms with Gasteiger partial charge in [-0.25, -0.2) is 9.97 Å². The molecule has 0 N–H and O–H groups in total. The summed E-state index contributed by atoms with van der Waals surface area (Å²) < 4.78 is 11.7. The zero-order chi connectivity index (χ0) is 31.8. The Bertz CT molecular complexity index is 3220. The number of benzene rings is 7. The first-order chi connectivity index (χ1) is 24.3. The van der Waals surface area contributed by atoms with Crippen LogP contribution < -0.4 is 0 Å². The van der Waals surface area contributed by atoms with Crippen molar-refractivity contribution in [1.82, 2.24) is 14.5 Å². The highest BCUT2D eigenvalue weighted by Gasteiger charge is 2.28. The lowest BCUT2D eigenvalue weighted by Crippen LogP contribution is -2.02. The van der Waals surface area contributed by atoms with E-state index in [0.29, 0.717) is 11.4 Å². The molecule has 0 radical (unpaired) electrons. The average Bonchev–Trinajstić information content (AvgIpc) is 3.81. The molecule has 0 aliphatic heterocycles. The van der Waals surface area contributed by atoms with Crippen LogP contribution in [0.2, 0.25) is 0 Å². The smallest absolute Gasteiger partial charge is 0.197 e. The van der Waals surface area contributed by atoms with E-state index in [2.05, 4.69) is 120 Å². The number of thiophene rings is 1. The number of nitrogens with zero attached hydrogens (tertiary/aromatic N) is 3. The van der Waals surface area contributed by atoms with Crippen molar-refractivity contribution < 1.29 is 4.42 Å². The Kier molecular flexibility index (Phi) is 4.83. The molecule has 12 rings (SSSR count). The van der Waals surface area contributed by atoms with Crippen molar-refractivity contribution in [3.05, 3.63) is 140 Å². The number of rotatable bonds is 3. The lowest BCUT2D eigenvalue weighted by atomic mass is 9.95. The zero-order valence-electron chi connectivity index (χ0n) is 25.9. The molecule has 0 spiro atoms. The SMILES string of the molecule is c1ccc(-c2ccccc2-c2nc(-n3c4ccc5cccc6c5c4c4c5c(ccc43)sc3cccc-6c35)c3oc4ccccc4c3n2)cc1. The van der Waals surface area contributed by atoms with E-state index in [4.69, 9.17) is 14.4 Å². The monoisotopic (exact) mass is 641 g/mol. The molecule has 0 amide bonds. The molecule has 0 fully saturated rings. The molecule has 0 atom stereocenters. The summed E-state index contributed by atoms with van der Waals surface area (Å²) in [4.78, 5) is 10.8. The van der Waals surface area contributed by atoms with E-state index < -0.39 is 0 Å². The Hall–Kier alpha value is -6.30. The van der Waals surface area contributed by atoms with Crippen LogP contribution in [0.3, 0.4) is 0 Å². The Labute approximate surface area is 283 Å². The molecule has 4 nitrogen and oxygen atoms in total. The first kappa shape index (κ1) is 25.7. The molecule has 49 heavy (non-hydrogen) atoms. The summed E-state index contributed by atoms with van der Waals surface area (Å²) in [6.07, 6.45) is 0. The fourth-order valence-corrected chi connectivity index (χ4v) is 9.49. The van der Waals surface area contributed by atoms with Gasteiger partial charge >= 0.3 is 0 Å². The fraction of sp³-hybridized carbons (Fsp3) is 0. The van der Waals surface area contributed by atoms with Gasteiger partial charge in [0.1, 0.15) is 11.1 Å². The summed E-state index contributed by atoms with van der Waals surface area (Å²) in [7, 11) is 0. The van der Waals surface area contributed by atoms with E-state index >= 15 is 0 Å². The van der Waals surface area contributed by atoms with Gasteiger partial charge in [-0.1, -0.05) is 103 Å². The van der Waals surface area contributed by atoms with Crippen molar-refractivity contribution in [3.8, 4) is 39.5 Å². The van der Waals surface area contributed by atoms with Gasteiger partial charge < -0.3 is 4.42 Å². The highest BCUT2D eigenvalue weighted by Crippen LogP contribution is 2.52. The van der Waals surface area contributed by atoms with Crippen LogP contribution >= 0.6 is 11.3 Å². The lowest BCUT2D eigenvalue weighted by molar-refractivity contribution is 0.662. The third-order valence-corrected chi connectivity index (χ3v) is 11.5. The number of furan rings is 1. The third-order valence-electron chi connectivity index (χ3n) is 10.4. The van der Waals surface area contributed by atoms with E-state index in [1.165, 1.54) is 52.8 Å². The van der Waals surface area contributed by atoms with Crippen LogP contribution in [0.1, 0.15) is 0 Å². The minimum atomic E-state index is 0.668. The molecule has 0 saturated carbocycles.